The van der Waals surface area contributed by atoms with Crippen molar-refractivity contribution in [3.05, 3.63) is 24.1 Å². The molecule has 0 aliphatic rings. The Morgan fingerprint density at radius 1 is 1.43 bits per heavy atom. The molecule has 0 amide bonds. The molecule has 0 bridgehead atoms. The average molecular weight is 308 g/mol. The number of anilines is 1. The number of nitrogens with one attached hydrogen (secondary N) is 1. The molecule has 0 radical (unpaired) electrons. The molecule has 1 heterocycles. The molecule has 2 rings (SSSR count). The summed E-state index contributed by atoms with van der Waals surface area (Å²) in [6.45, 7) is 0. The molecule has 1 aromatic heterocycles. The fraction of sp³-hybridized carbons (Fsp3) is 0.250. The zero-order chi connectivity index (χ0) is 15.5. The van der Waals surface area contributed by atoms with Gasteiger partial charge in [-0.05, 0) is 18.2 Å². The van der Waals surface area contributed by atoms with E-state index in [9.17, 15) is 8.42 Å². The minimum Gasteiger partial charge on any atom is -0.495 e. The minimum absolute atomic E-state index is 0.0115. The zero-order valence-corrected chi connectivity index (χ0v) is 12.1. The summed E-state index contributed by atoms with van der Waals surface area (Å²) in [6, 6.07) is 6.65. The fourth-order valence-corrected chi connectivity index (χ4v) is 2.19. The first-order chi connectivity index (χ1) is 9.93. The van der Waals surface area contributed by atoms with Crippen LogP contribution in [0.15, 0.2) is 22.6 Å². The maximum absolute atomic E-state index is 11.4. The van der Waals surface area contributed by atoms with Crippen LogP contribution in [0.3, 0.4) is 0 Å². The average Bonchev–Trinajstić information content (AvgIpc) is 2.86. The lowest BCUT2D eigenvalue weighted by Crippen LogP contribution is -2.10. The highest BCUT2D eigenvalue weighted by Crippen LogP contribution is 2.30. The second-order valence-corrected chi connectivity index (χ2v) is 5.87. The number of methoxy groups -OCH3 is 1. The number of rotatable bonds is 5. The summed E-state index contributed by atoms with van der Waals surface area (Å²) in [7, 11) is -2.02. The molecule has 0 unspecified atom stereocenters. The highest BCUT2D eigenvalue weighted by Gasteiger charge is 2.13. The van der Waals surface area contributed by atoms with Crippen molar-refractivity contribution >= 4 is 15.7 Å². The van der Waals surface area contributed by atoms with Gasteiger partial charge in [0.15, 0.2) is 0 Å². The zero-order valence-electron chi connectivity index (χ0n) is 11.3. The molecule has 8 nitrogen and oxygen atoms in total. The fourth-order valence-electron chi connectivity index (χ4n) is 1.63. The van der Waals surface area contributed by atoms with E-state index in [0.29, 0.717) is 11.3 Å². The van der Waals surface area contributed by atoms with Crippen molar-refractivity contribution in [2.24, 2.45) is 0 Å². The van der Waals surface area contributed by atoms with Gasteiger partial charge in [0, 0.05) is 5.56 Å². The third kappa shape index (κ3) is 3.70. The van der Waals surface area contributed by atoms with Crippen LogP contribution >= 0.6 is 0 Å². The van der Waals surface area contributed by atoms with Crippen molar-refractivity contribution < 1.29 is 17.6 Å². The van der Waals surface area contributed by atoms with Gasteiger partial charge in [-0.15, -0.1) is 10.2 Å². The molecular weight excluding hydrogens is 296 g/mol. The predicted molar refractivity (Wildman–Crippen MR) is 74.1 cm³/mol. The Morgan fingerprint density at radius 2 is 2.19 bits per heavy atom. The minimum atomic E-state index is -3.45. The predicted octanol–water partition coefficient (Wildman–Crippen LogP) is 1.18. The Labute approximate surface area is 121 Å². The molecule has 0 atom stereocenters. The second-order valence-electron chi connectivity index (χ2n) is 4.13. The van der Waals surface area contributed by atoms with E-state index in [2.05, 4.69) is 14.9 Å². The molecule has 21 heavy (non-hydrogen) atoms. The van der Waals surface area contributed by atoms with Gasteiger partial charge >= 0.3 is 0 Å². The maximum atomic E-state index is 11.4. The number of sulfonamides is 1. The van der Waals surface area contributed by atoms with Crippen LogP contribution in [0, 0.1) is 11.3 Å². The van der Waals surface area contributed by atoms with Crippen LogP contribution in [-0.2, 0) is 16.4 Å². The number of hydrogen-bond acceptors (Lipinski definition) is 7. The van der Waals surface area contributed by atoms with Crippen LogP contribution in [0.2, 0.25) is 0 Å². The topological polar surface area (TPSA) is 118 Å². The van der Waals surface area contributed by atoms with Crippen molar-refractivity contribution in [3.63, 3.8) is 0 Å². The molecule has 0 saturated carbocycles. The van der Waals surface area contributed by atoms with Crippen LogP contribution < -0.4 is 9.46 Å². The molecule has 2 aromatic rings. The molecule has 0 spiro atoms. The van der Waals surface area contributed by atoms with E-state index in [1.807, 2.05) is 6.07 Å². The third-order valence-corrected chi connectivity index (χ3v) is 3.03. The first-order valence-electron chi connectivity index (χ1n) is 5.78. The maximum Gasteiger partial charge on any atom is 0.247 e. The SMILES string of the molecule is COc1ccc(-c2nnc(CC#N)o2)cc1NS(C)(=O)=O. The Bertz CT molecular complexity index is 792. The Hall–Kier alpha value is -2.60. The van der Waals surface area contributed by atoms with Crippen molar-refractivity contribution in [1.82, 2.24) is 10.2 Å². The lowest BCUT2D eigenvalue weighted by atomic mass is 10.2. The number of aromatic nitrogens is 2. The van der Waals surface area contributed by atoms with Gasteiger partial charge in [-0.3, -0.25) is 4.72 Å². The van der Waals surface area contributed by atoms with Crippen molar-refractivity contribution in [3.8, 4) is 23.3 Å². The largest absolute Gasteiger partial charge is 0.495 e. The van der Waals surface area contributed by atoms with Crippen molar-refractivity contribution in [1.29, 1.82) is 5.26 Å². The first kappa shape index (κ1) is 14.8. The number of benzene rings is 1. The standard InChI is InChI=1S/C12H12N4O4S/c1-19-10-4-3-8(7-9(10)16-21(2,17)18)12-15-14-11(20-12)5-6-13/h3-4,7,16H,5H2,1-2H3. The van der Waals surface area contributed by atoms with Crippen molar-refractivity contribution in [2.75, 3.05) is 18.1 Å². The van der Waals surface area contributed by atoms with Gasteiger partial charge in [-0.2, -0.15) is 5.26 Å². The lowest BCUT2D eigenvalue weighted by molar-refractivity contribution is 0.417. The summed E-state index contributed by atoms with van der Waals surface area (Å²) >= 11 is 0. The van der Waals surface area contributed by atoms with E-state index >= 15 is 0 Å². The summed E-state index contributed by atoms with van der Waals surface area (Å²) in [5.41, 5.74) is 0.774. The van der Waals surface area contributed by atoms with Gasteiger partial charge in [-0.1, -0.05) is 0 Å². The quantitative estimate of drug-likeness (QED) is 0.881. The molecule has 1 N–H and O–H groups in total. The molecule has 0 aliphatic carbocycles. The smallest absolute Gasteiger partial charge is 0.247 e. The second kappa shape index (κ2) is 5.80. The van der Waals surface area contributed by atoms with Gasteiger partial charge in [0.1, 0.15) is 12.2 Å². The molecular formula is C12H12N4O4S. The molecule has 0 fully saturated rings. The third-order valence-electron chi connectivity index (χ3n) is 2.44. The van der Waals surface area contributed by atoms with E-state index in [4.69, 9.17) is 14.4 Å². The van der Waals surface area contributed by atoms with Gasteiger partial charge in [0.25, 0.3) is 0 Å². The molecule has 110 valence electrons. The monoisotopic (exact) mass is 308 g/mol. The Morgan fingerprint density at radius 3 is 2.81 bits per heavy atom. The van der Waals surface area contributed by atoms with Crippen LogP contribution in [-0.4, -0.2) is 32.0 Å². The van der Waals surface area contributed by atoms with Gasteiger partial charge in [-0.25, -0.2) is 8.42 Å². The first-order valence-corrected chi connectivity index (χ1v) is 7.67. The summed E-state index contributed by atoms with van der Waals surface area (Å²) in [5, 5.41) is 16.1. The lowest BCUT2D eigenvalue weighted by Gasteiger charge is -2.10. The number of nitrogens with zero attached hydrogens (tertiary/aromatic N) is 3. The van der Waals surface area contributed by atoms with E-state index < -0.39 is 10.0 Å². The van der Waals surface area contributed by atoms with Crippen LogP contribution in [0.1, 0.15) is 5.89 Å². The van der Waals surface area contributed by atoms with Crippen LogP contribution in [0.4, 0.5) is 5.69 Å². The van der Waals surface area contributed by atoms with E-state index in [1.54, 1.807) is 12.1 Å². The Balaban J connectivity index is 2.41. The van der Waals surface area contributed by atoms with Crippen molar-refractivity contribution in [2.45, 2.75) is 6.42 Å². The van der Waals surface area contributed by atoms with E-state index in [1.165, 1.54) is 13.2 Å². The normalized spacial score (nSPS) is 10.9. The number of nitriles is 1. The Kier molecular flexibility index (Phi) is 4.09. The number of hydrogen-bond donors (Lipinski definition) is 1. The van der Waals surface area contributed by atoms with E-state index in [-0.39, 0.29) is 23.9 Å². The van der Waals surface area contributed by atoms with Crippen LogP contribution in [0.25, 0.3) is 11.5 Å². The van der Waals surface area contributed by atoms with Gasteiger partial charge < -0.3 is 9.15 Å². The summed E-state index contributed by atoms with van der Waals surface area (Å²) in [6.07, 6.45) is 1.05. The molecule has 0 aliphatic heterocycles. The summed E-state index contributed by atoms with van der Waals surface area (Å²) in [5.74, 6) is 0.751. The molecule has 1 aromatic carbocycles. The molecule has 0 saturated heterocycles. The summed E-state index contributed by atoms with van der Waals surface area (Å²) in [4.78, 5) is 0. The summed E-state index contributed by atoms with van der Waals surface area (Å²) < 4.78 is 35.4. The van der Waals surface area contributed by atoms with Gasteiger partial charge in [0.2, 0.25) is 21.8 Å². The van der Waals surface area contributed by atoms with Gasteiger partial charge in [0.05, 0.1) is 25.1 Å². The highest BCUT2D eigenvalue weighted by atomic mass is 32.2. The highest BCUT2D eigenvalue weighted by molar-refractivity contribution is 7.92. The molecule has 9 heteroatoms. The van der Waals surface area contributed by atoms with Crippen LogP contribution in [0.5, 0.6) is 5.75 Å². The number of ether oxygens (including phenoxy) is 1. The van der Waals surface area contributed by atoms with E-state index in [0.717, 1.165) is 6.26 Å².